The van der Waals surface area contributed by atoms with Gasteiger partial charge in [-0.05, 0) is 50.4 Å². The zero-order chi connectivity index (χ0) is 16.9. The number of aromatic nitrogens is 1. The van der Waals surface area contributed by atoms with Gasteiger partial charge in [-0.15, -0.1) is 0 Å². The summed E-state index contributed by atoms with van der Waals surface area (Å²) in [4.78, 5) is 18.9. The molecule has 0 bridgehead atoms. The normalized spacial score (nSPS) is 18.1. The molecule has 0 spiro atoms. The lowest BCUT2D eigenvalue weighted by molar-refractivity contribution is -0.125. The van der Waals surface area contributed by atoms with Gasteiger partial charge < -0.3 is 20.4 Å². The van der Waals surface area contributed by atoms with Crippen molar-refractivity contribution in [3.8, 4) is 0 Å². The summed E-state index contributed by atoms with van der Waals surface area (Å²) >= 11 is 5.99. The van der Waals surface area contributed by atoms with E-state index in [4.69, 9.17) is 21.8 Å². The van der Waals surface area contributed by atoms with Crippen molar-refractivity contribution in [1.82, 2.24) is 10.3 Å². The Labute approximate surface area is 146 Å². The third-order valence-corrected chi connectivity index (χ3v) is 4.57. The maximum Gasteiger partial charge on any atom is 0.298 e. The van der Waals surface area contributed by atoms with Crippen molar-refractivity contribution in [3.63, 3.8) is 0 Å². The second kappa shape index (κ2) is 7.85. The van der Waals surface area contributed by atoms with Crippen LogP contribution < -0.4 is 16.0 Å². The molecule has 1 amide bonds. The van der Waals surface area contributed by atoms with Crippen molar-refractivity contribution < 1.29 is 9.21 Å². The zero-order valence-electron chi connectivity index (χ0n) is 13.6. The summed E-state index contributed by atoms with van der Waals surface area (Å²) in [6, 6.07) is 5.95. The molecule has 0 aliphatic carbocycles. The number of fused-ring (bicyclic) bond motifs is 1. The van der Waals surface area contributed by atoms with Gasteiger partial charge in [-0.2, -0.15) is 4.98 Å². The molecule has 24 heavy (non-hydrogen) atoms. The first-order chi connectivity index (χ1) is 11.7. The highest BCUT2D eigenvalue weighted by Crippen LogP contribution is 2.27. The number of nitrogens with zero attached hydrogens (tertiary/aromatic N) is 2. The highest BCUT2D eigenvalue weighted by atomic mass is 35.5. The van der Waals surface area contributed by atoms with E-state index in [1.807, 2.05) is 11.0 Å². The molecule has 2 heterocycles. The van der Waals surface area contributed by atoms with Gasteiger partial charge in [0.2, 0.25) is 5.91 Å². The lowest BCUT2D eigenvalue weighted by Gasteiger charge is -2.30. The van der Waals surface area contributed by atoms with E-state index in [0.29, 0.717) is 36.3 Å². The standard InChI is InChI=1S/C17H23ClN4O2/c18-13-5-6-15-14(10-13)21-17(24-15)22-9-3-4-12(11-22)16(23)20-8-2-1-7-19/h5-6,10,12H,1-4,7-9,11,19H2,(H,20,23). The Morgan fingerprint density at radius 3 is 3.17 bits per heavy atom. The van der Waals surface area contributed by atoms with Crippen LogP contribution in [-0.4, -0.2) is 37.1 Å². The number of nitrogens with two attached hydrogens (primary N) is 1. The lowest BCUT2D eigenvalue weighted by Crippen LogP contribution is -2.43. The van der Waals surface area contributed by atoms with E-state index in [1.54, 1.807) is 12.1 Å². The summed E-state index contributed by atoms with van der Waals surface area (Å²) in [7, 11) is 0. The number of unbranched alkanes of at least 4 members (excludes halogenated alkanes) is 1. The number of benzene rings is 1. The van der Waals surface area contributed by atoms with E-state index in [2.05, 4.69) is 10.3 Å². The van der Waals surface area contributed by atoms with Crippen LogP contribution in [0, 0.1) is 5.92 Å². The van der Waals surface area contributed by atoms with E-state index < -0.39 is 0 Å². The second-order valence-corrected chi connectivity index (χ2v) is 6.62. The summed E-state index contributed by atoms with van der Waals surface area (Å²) in [5, 5.41) is 3.64. The first kappa shape index (κ1) is 17.0. The maximum atomic E-state index is 12.3. The van der Waals surface area contributed by atoms with Gasteiger partial charge in [-0.1, -0.05) is 11.6 Å². The molecule has 130 valence electrons. The zero-order valence-corrected chi connectivity index (χ0v) is 14.4. The predicted molar refractivity (Wildman–Crippen MR) is 95.3 cm³/mol. The van der Waals surface area contributed by atoms with Crippen LogP contribution in [0.15, 0.2) is 22.6 Å². The summed E-state index contributed by atoms with van der Waals surface area (Å²) in [6.45, 7) is 2.82. The molecule has 0 radical (unpaired) electrons. The molecule has 2 aromatic rings. The van der Waals surface area contributed by atoms with Gasteiger partial charge in [0.05, 0.1) is 5.92 Å². The van der Waals surface area contributed by atoms with Crippen molar-refractivity contribution in [2.75, 3.05) is 31.1 Å². The SMILES string of the molecule is NCCCCNC(=O)C1CCCN(c2nc3cc(Cl)ccc3o2)C1. The quantitative estimate of drug-likeness (QED) is 0.782. The molecule has 3 N–H and O–H groups in total. The Hall–Kier alpha value is -1.79. The number of hydrogen-bond acceptors (Lipinski definition) is 5. The Kier molecular flexibility index (Phi) is 5.58. The lowest BCUT2D eigenvalue weighted by atomic mass is 9.97. The second-order valence-electron chi connectivity index (χ2n) is 6.18. The molecule has 1 unspecified atom stereocenters. The summed E-state index contributed by atoms with van der Waals surface area (Å²) in [6.07, 6.45) is 3.69. The number of anilines is 1. The number of carbonyl (C=O) groups is 1. The molecule has 1 aromatic carbocycles. The Balaban J connectivity index is 1.62. The summed E-state index contributed by atoms with van der Waals surface area (Å²) in [5.41, 5.74) is 6.92. The van der Waals surface area contributed by atoms with Crippen molar-refractivity contribution in [3.05, 3.63) is 23.2 Å². The molecule has 7 heteroatoms. The number of nitrogens with one attached hydrogen (secondary N) is 1. The van der Waals surface area contributed by atoms with Gasteiger partial charge in [0, 0.05) is 24.7 Å². The van der Waals surface area contributed by atoms with Gasteiger partial charge in [0.15, 0.2) is 5.58 Å². The van der Waals surface area contributed by atoms with E-state index in [1.165, 1.54) is 0 Å². The Morgan fingerprint density at radius 1 is 1.46 bits per heavy atom. The van der Waals surface area contributed by atoms with Crippen molar-refractivity contribution >= 4 is 34.6 Å². The third-order valence-electron chi connectivity index (χ3n) is 4.33. The molecule has 1 fully saturated rings. The van der Waals surface area contributed by atoms with Gasteiger partial charge in [0.25, 0.3) is 6.01 Å². The topological polar surface area (TPSA) is 84.4 Å². The van der Waals surface area contributed by atoms with E-state index in [9.17, 15) is 4.79 Å². The molecule has 1 aliphatic heterocycles. The molecule has 1 atom stereocenters. The largest absolute Gasteiger partial charge is 0.423 e. The fourth-order valence-corrected chi connectivity index (χ4v) is 3.18. The maximum absolute atomic E-state index is 12.3. The molecular formula is C17H23ClN4O2. The van der Waals surface area contributed by atoms with Gasteiger partial charge in [-0.25, -0.2) is 0 Å². The number of halogens is 1. The van der Waals surface area contributed by atoms with Gasteiger partial charge in [0.1, 0.15) is 5.52 Å². The molecule has 3 rings (SSSR count). The van der Waals surface area contributed by atoms with E-state index in [0.717, 1.165) is 37.7 Å². The van der Waals surface area contributed by atoms with Crippen LogP contribution in [0.5, 0.6) is 0 Å². The van der Waals surface area contributed by atoms with Crippen molar-refractivity contribution in [1.29, 1.82) is 0 Å². The van der Waals surface area contributed by atoms with E-state index >= 15 is 0 Å². The number of piperidine rings is 1. The molecule has 1 aromatic heterocycles. The number of amides is 1. The van der Waals surface area contributed by atoms with Crippen LogP contribution in [0.1, 0.15) is 25.7 Å². The molecule has 1 aliphatic rings. The first-order valence-electron chi connectivity index (χ1n) is 8.46. The van der Waals surface area contributed by atoms with Gasteiger partial charge >= 0.3 is 0 Å². The third kappa shape index (κ3) is 3.99. The monoisotopic (exact) mass is 350 g/mol. The van der Waals surface area contributed by atoms with Gasteiger partial charge in [-0.3, -0.25) is 4.79 Å². The van der Waals surface area contributed by atoms with Crippen LogP contribution in [0.4, 0.5) is 6.01 Å². The molecule has 6 nitrogen and oxygen atoms in total. The fourth-order valence-electron chi connectivity index (χ4n) is 3.01. The number of oxazole rings is 1. The fraction of sp³-hybridized carbons (Fsp3) is 0.529. The Morgan fingerprint density at radius 2 is 2.33 bits per heavy atom. The number of hydrogen-bond donors (Lipinski definition) is 2. The average molecular weight is 351 g/mol. The van der Waals surface area contributed by atoms with Crippen molar-refractivity contribution in [2.24, 2.45) is 11.7 Å². The minimum Gasteiger partial charge on any atom is -0.423 e. The van der Waals surface area contributed by atoms with Crippen LogP contribution in [0.25, 0.3) is 11.1 Å². The van der Waals surface area contributed by atoms with Crippen LogP contribution in [0.2, 0.25) is 5.02 Å². The van der Waals surface area contributed by atoms with Crippen LogP contribution in [0.3, 0.4) is 0 Å². The Bertz CT molecular complexity index is 703. The van der Waals surface area contributed by atoms with Crippen LogP contribution >= 0.6 is 11.6 Å². The molecule has 0 saturated carbocycles. The summed E-state index contributed by atoms with van der Waals surface area (Å²) in [5.74, 6) is 0.0751. The number of carbonyl (C=O) groups excluding carboxylic acids is 1. The predicted octanol–water partition coefficient (Wildman–Crippen LogP) is 2.55. The number of rotatable bonds is 6. The first-order valence-corrected chi connectivity index (χ1v) is 8.84. The summed E-state index contributed by atoms with van der Waals surface area (Å²) < 4.78 is 5.81. The highest BCUT2D eigenvalue weighted by molar-refractivity contribution is 6.31. The minimum absolute atomic E-state index is 0.0322. The average Bonchev–Trinajstić information content (AvgIpc) is 3.02. The van der Waals surface area contributed by atoms with Crippen LogP contribution in [-0.2, 0) is 4.79 Å². The van der Waals surface area contributed by atoms with Crippen molar-refractivity contribution in [2.45, 2.75) is 25.7 Å². The highest BCUT2D eigenvalue weighted by Gasteiger charge is 2.28. The molecular weight excluding hydrogens is 328 g/mol. The smallest absolute Gasteiger partial charge is 0.298 e. The van der Waals surface area contributed by atoms with E-state index in [-0.39, 0.29) is 11.8 Å². The molecule has 1 saturated heterocycles. The minimum atomic E-state index is -0.0322.